The van der Waals surface area contributed by atoms with E-state index in [4.69, 9.17) is 5.73 Å². The second-order valence-electron chi connectivity index (χ2n) is 7.90. The average Bonchev–Trinajstić information content (AvgIpc) is 3.04. The molecule has 0 radical (unpaired) electrons. The Morgan fingerprint density at radius 3 is 2.66 bits per heavy atom. The summed E-state index contributed by atoms with van der Waals surface area (Å²) in [7, 11) is 1.85. The number of nitrogen functional groups attached to an aromatic ring is 1. The molecular formula is C21H30N6O2. The summed E-state index contributed by atoms with van der Waals surface area (Å²) in [5.74, 6) is 0.539. The van der Waals surface area contributed by atoms with Crippen LogP contribution in [0.4, 0.5) is 5.82 Å². The van der Waals surface area contributed by atoms with Crippen molar-refractivity contribution >= 4 is 17.6 Å². The lowest BCUT2D eigenvalue weighted by molar-refractivity contribution is -0.137. The highest BCUT2D eigenvalue weighted by Gasteiger charge is 2.30. The number of carbonyl (C=O) groups excluding carboxylic acids is 2. The molecular weight excluding hydrogens is 368 g/mol. The monoisotopic (exact) mass is 398 g/mol. The van der Waals surface area contributed by atoms with Crippen molar-refractivity contribution in [3.63, 3.8) is 0 Å². The first-order valence-corrected chi connectivity index (χ1v) is 10.1. The van der Waals surface area contributed by atoms with E-state index in [9.17, 15) is 9.59 Å². The van der Waals surface area contributed by atoms with E-state index in [0.29, 0.717) is 5.82 Å². The van der Waals surface area contributed by atoms with Gasteiger partial charge in [-0.05, 0) is 51.2 Å². The molecule has 0 bridgehead atoms. The minimum absolute atomic E-state index is 0.00307. The van der Waals surface area contributed by atoms with Gasteiger partial charge in [0.05, 0.1) is 11.7 Å². The molecule has 1 aliphatic carbocycles. The van der Waals surface area contributed by atoms with Gasteiger partial charge < -0.3 is 16.0 Å². The summed E-state index contributed by atoms with van der Waals surface area (Å²) in [6.07, 6.45) is 6.67. The largest absolute Gasteiger partial charge is 0.384 e. The molecule has 1 fully saturated rings. The number of pyridine rings is 1. The lowest BCUT2D eigenvalue weighted by Crippen LogP contribution is -2.42. The van der Waals surface area contributed by atoms with Gasteiger partial charge in [-0.2, -0.15) is 5.10 Å². The van der Waals surface area contributed by atoms with Crippen LogP contribution in [0.2, 0.25) is 0 Å². The fourth-order valence-electron chi connectivity index (χ4n) is 3.91. The molecule has 0 spiro atoms. The molecule has 29 heavy (non-hydrogen) atoms. The highest BCUT2D eigenvalue weighted by molar-refractivity contribution is 5.79. The van der Waals surface area contributed by atoms with Gasteiger partial charge in [0, 0.05) is 37.5 Å². The van der Waals surface area contributed by atoms with Crippen LogP contribution in [-0.4, -0.2) is 44.6 Å². The quantitative estimate of drug-likeness (QED) is 0.775. The average molecular weight is 399 g/mol. The number of carbonyl (C=O) groups is 2. The predicted octanol–water partition coefficient (Wildman–Crippen LogP) is 2.06. The molecule has 3 rings (SSSR count). The first-order valence-electron chi connectivity index (χ1n) is 10.1. The molecule has 1 saturated carbocycles. The summed E-state index contributed by atoms with van der Waals surface area (Å²) in [6.45, 7) is 3.97. The summed E-state index contributed by atoms with van der Waals surface area (Å²) in [5, 5.41) is 7.27. The zero-order valence-electron chi connectivity index (χ0n) is 17.3. The van der Waals surface area contributed by atoms with E-state index in [0.717, 1.165) is 36.9 Å². The van der Waals surface area contributed by atoms with Crippen molar-refractivity contribution in [2.75, 3.05) is 12.8 Å². The zero-order chi connectivity index (χ0) is 21.0. The van der Waals surface area contributed by atoms with Gasteiger partial charge in [0.2, 0.25) is 11.8 Å². The lowest BCUT2D eigenvalue weighted by Gasteiger charge is -2.33. The van der Waals surface area contributed by atoms with Gasteiger partial charge >= 0.3 is 0 Å². The van der Waals surface area contributed by atoms with Crippen LogP contribution in [0.5, 0.6) is 0 Å². The van der Waals surface area contributed by atoms with Crippen molar-refractivity contribution in [1.29, 1.82) is 0 Å². The number of aromatic nitrogens is 3. The summed E-state index contributed by atoms with van der Waals surface area (Å²) in [4.78, 5) is 31.2. The molecule has 8 nitrogen and oxygen atoms in total. The first kappa shape index (κ1) is 20.8. The van der Waals surface area contributed by atoms with Gasteiger partial charge in [-0.1, -0.05) is 6.07 Å². The molecule has 2 aromatic heterocycles. The molecule has 0 aromatic carbocycles. The Morgan fingerprint density at radius 1 is 1.34 bits per heavy atom. The fraction of sp³-hybridized carbons (Fsp3) is 0.524. The molecule has 1 unspecified atom stereocenters. The van der Waals surface area contributed by atoms with Crippen LogP contribution in [0.1, 0.15) is 49.9 Å². The SMILES string of the molecule is Cc1cc(N)n(CC(=O)NC2CCC(C(=O)N(C)C(C)c3cccnc3)CC2)n1. The van der Waals surface area contributed by atoms with Gasteiger partial charge in [0.1, 0.15) is 12.4 Å². The summed E-state index contributed by atoms with van der Waals surface area (Å²) < 4.78 is 1.51. The Balaban J connectivity index is 1.47. The van der Waals surface area contributed by atoms with Crippen molar-refractivity contribution in [2.45, 2.75) is 58.2 Å². The van der Waals surface area contributed by atoms with Crippen molar-refractivity contribution < 1.29 is 9.59 Å². The summed E-state index contributed by atoms with van der Waals surface area (Å²) in [6, 6.07) is 5.69. The van der Waals surface area contributed by atoms with E-state index in [1.54, 1.807) is 18.5 Å². The van der Waals surface area contributed by atoms with Gasteiger partial charge in [-0.3, -0.25) is 14.6 Å². The number of anilines is 1. The van der Waals surface area contributed by atoms with E-state index >= 15 is 0 Å². The van der Waals surface area contributed by atoms with E-state index in [1.165, 1.54) is 4.68 Å². The molecule has 3 N–H and O–H groups in total. The van der Waals surface area contributed by atoms with Crippen LogP contribution < -0.4 is 11.1 Å². The number of hydrogen-bond donors (Lipinski definition) is 2. The van der Waals surface area contributed by atoms with E-state index < -0.39 is 0 Å². The molecule has 0 saturated heterocycles. The van der Waals surface area contributed by atoms with Crippen LogP contribution in [0.15, 0.2) is 30.6 Å². The van der Waals surface area contributed by atoms with Gasteiger partial charge in [-0.15, -0.1) is 0 Å². The topological polar surface area (TPSA) is 106 Å². The molecule has 2 amide bonds. The van der Waals surface area contributed by atoms with Crippen LogP contribution in [-0.2, 0) is 16.1 Å². The van der Waals surface area contributed by atoms with Crippen LogP contribution in [0.25, 0.3) is 0 Å². The van der Waals surface area contributed by atoms with E-state index in [2.05, 4.69) is 15.4 Å². The number of nitrogens with one attached hydrogen (secondary N) is 1. The fourth-order valence-corrected chi connectivity index (χ4v) is 3.91. The number of nitrogens with zero attached hydrogens (tertiary/aromatic N) is 4. The Kier molecular flexibility index (Phi) is 6.51. The van der Waals surface area contributed by atoms with Crippen LogP contribution in [0, 0.1) is 12.8 Å². The standard InChI is InChI=1S/C21H30N6O2/c1-14-11-19(22)27(25-14)13-20(28)24-18-8-6-16(7-9-18)21(29)26(3)15(2)17-5-4-10-23-12-17/h4-5,10-12,15-16,18H,6-9,13,22H2,1-3H3,(H,24,28). The Hall–Kier alpha value is -2.90. The molecule has 156 valence electrons. The highest BCUT2D eigenvalue weighted by Crippen LogP contribution is 2.28. The number of nitrogens with two attached hydrogens (primary N) is 1. The third-order valence-electron chi connectivity index (χ3n) is 5.76. The Morgan fingerprint density at radius 2 is 2.07 bits per heavy atom. The van der Waals surface area contributed by atoms with Gasteiger partial charge in [0.25, 0.3) is 0 Å². The number of rotatable bonds is 6. The molecule has 8 heteroatoms. The van der Waals surface area contributed by atoms with Crippen molar-refractivity contribution in [1.82, 2.24) is 25.0 Å². The van der Waals surface area contributed by atoms with Crippen LogP contribution >= 0.6 is 0 Å². The third kappa shape index (κ3) is 5.13. The van der Waals surface area contributed by atoms with Crippen molar-refractivity contribution in [3.8, 4) is 0 Å². The molecule has 1 atom stereocenters. The molecule has 0 aliphatic heterocycles. The van der Waals surface area contributed by atoms with Gasteiger partial charge in [0.15, 0.2) is 0 Å². The minimum Gasteiger partial charge on any atom is -0.384 e. The summed E-state index contributed by atoms with van der Waals surface area (Å²) in [5.41, 5.74) is 7.66. The number of hydrogen-bond acceptors (Lipinski definition) is 5. The summed E-state index contributed by atoms with van der Waals surface area (Å²) >= 11 is 0. The highest BCUT2D eigenvalue weighted by atomic mass is 16.2. The second-order valence-corrected chi connectivity index (χ2v) is 7.90. The van der Waals surface area contributed by atoms with E-state index in [1.807, 2.05) is 37.9 Å². The van der Waals surface area contributed by atoms with E-state index in [-0.39, 0.29) is 36.4 Å². The maximum absolute atomic E-state index is 12.9. The maximum atomic E-state index is 12.9. The molecule has 1 aliphatic rings. The second kappa shape index (κ2) is 9.07. The maximum Gasteiger partial charge on any atom is 0.242 e. The van der Waals surface area contributed by atoms with Crippen molar-refractivity contribution in [2.24, 2.45) is 5.92 Å². The Bertz CT molecular complexity index is 842. The Labute approximate surface area is 171 Å². The smallest absolute Gasteiger partial charge is 0.242 e. The van der Waals surface area contributed by atoms with Crippen LogP contribution in [0.3, 0.4) is 0 Å². The zero-order valence-corrected chi connectivity index (χ0v) is 17.3. The first-order chi connectivity index (χ1) is 13.8. The normalized spacial score (nSPS) is 20.1. The predicted molar refractivity (Wildman–Crippen MR) is 111 cm³/mol. The van der Waals surface area contributed by atoms with Gasteiger partial charge in [-0.25, -0.2) is 4.68 Å². The lowest BCUT2D eigenvalue weighted by atomic mass is 9.85. The molecule has 2 aromatic rings. The molecule has 2 heterocycles. The number of aryl methyl sites for hydroxylation is 1. The van der Waals surface area contributed by atoms with Crippen molar-refractivity contribution in [3.05, 3.63) is 41.9 Å². The third-order valence-corrected chi connectivity index (χ3v) is 5.76. The minimum atomic E-state index is -0.100. The number of amides is 2.